The van der Waals surface area contributed by atoms with Crippen LogP contribution in [0.1, 0.15) is 38.6 Å². The molecule has 1 unspecified atom stereocenters. The van der Waals surface area contributed by atoms with Gasteiger partial charge in [-0.3, -0.25) is 0 Å². The maximum absolute atomic E-state index is 6.53. The van der Waals surface area contributed by atoms with E-state index >= 15 is 0 Å². The second kappa shape index (κ2) is 9.57. The van der Waals surface area contributed by atoms with Crippen molar-refractivity contribution in [1.29, 1.82) is 0 Å². The Kier molecular flexibility index (Phi) is 7.13. The van der Waals surface area contributed by atoms with Crippen LogP contribution in [-0.2, 0) is 17.6 Å². The first-order chi connectivity index (χ1) is 13.6. The summed E-state index contributed by atoms with van der Waals surface area (Å²) in [5.74, 6) is 2.32. The van der Waals surface area contributed by atoms with E-state index in [0.29, 0.717) is 10.9 Å². The number of hydrogen-bond donors (Lipinski definition) is 0. The number of anilines is 1. The van der Waals surface area contributed by atoms with E-state index in [1.54, 1.807) is 7.11 Å². The Bertz CT molecular complexity index is 813. The smallest absolute Gasteiger partial charge is 0.150 e. The minimum absolute atomic E-state index is 0.562. The van der Waals surface area contributed by atoms with E-state index < -0.39 is 0 Å². The number of benzene rings is 1. The number of hydrogen-bond acceptors (Lipinski definition) is 5. The second-order valence-electron chi connectivity index (χ2n) is 7.10. The van der Waals surface area contributed by atoms with Gasteiger partial charge in [-0.25, -0.2) is 9.97 Å². The summed E-state index contributed by atoms with van der Waals surface area (Å²) in [4.78, 5) is 12.4. The summed E-state index contributed by atoms with van der Waals surface area (Å²) in [6, 6.07) is 5.72. The molecule has 0 amide bonds. The third-order valence-electron chi connectivity index (χ3n) is 5.26. The largest absolute Gasteiger partial charge is 0.497 e. The standard InChI is InChI=1S/C22H30ClN3O2/c1-5-19-21(17-9-8-16(27-4)12-18(17)23)24-20(6-2)22(25-19)26-11-10-15(13-26)14-28-7-3/h8-9,12,15H,5-7,10-11,13-14H2,1-4H3. The summed E-state index contributed by atoms with van der Waals surface area (Å²) in [5, 5.41) is 0.635. The minimum atomic E-state index is 0.562. The number of methoxy groups -OCH3 is 1. The van der Waals surface area contributed by atoms with Gasteiger partial charge in [0.2, 0.25) is 0 Å². The van der Waals surface area contributed by atoms with Crippen LogP contribution in [0.3, 0.4) is 0 Å². The van der Waals surface area contributed by atoms with Gasteiger partial charge in [0.1, 0.15) is 5.75 Å². The number of halogens is 1. The molecule has 3 rings (SSSR count). The van der Waals surface area contributed by atoms with Gasteiger partial charge in [0.25, 0.3) is 0 Å². The Morgan fingerprint density at radius 1 is 1.14 bits per heavy atom. The number of aryl methyl sites for hydroxylation is 2. The fourth-order valence-corrected chi connectivity index (χ4v) is 3.97. The fraction of sp³-hybridized carbons (Fsp3) is 0.545. The summed E-state index contributed by atoms with van der Waals surface area (Å²) in [6.07, 6.45) is 2.77. The maximum Gasteiger partial charge on any atom is 0.150 e. The van der Waals surface area contributed by atoms with Gasteiger partial charge in [0.05, 0.1) is 35.8 Å². The van der Waals surface area contributed by atoms with Crippen LogP contribution in [0.5, 0.6) is 5.75 Å². The lowest BCUT2D eigenvalue weighted by molar-refractivity contribution is 0.117. The van der Waals surface area contributed by atoms with E-state index in [1.807, 2.05) is 25.1 Å². The van der Waals surface area contributed by atoms with Crippen LogP contribution in [0.15, 0.2) is 18.2 Å². The predicted molar refractivity (Wildman–Crippen MR) is 115 cm³/mol. The van der Waals surface area contributed by atoms with Crippen LogP contribution in [0.4, 0.5) is 5.82 Å². The molecule has 5 nitrogen and oxygen atoms in total. The summed E-state index contributed by atoms with van der Waals surface area (Å²) in [5.41, 5.74) is 3.79. The zero-order chi connectivity index (χ0) is 20.1. The van der Waals surface area contributed by atoms with Crippen molar-refractivity contribution < 1.29 is 9.47 Å². The van der Waals surface area contributed by atoms with Crippen LogP contribution in [0.25, 0.3) is 11.3 Å². The summed E-state index contributed by atoms with van der Waals surface area (Å²) < 4.78 is 10.9. The lowest BCUT2D eigenvalue weighted by atomic mass is 10.1. The Morgan fingerprint density at radius 2 is 1.93 bits per heavy atom. The van der Waals surface area contributed by atoms with Crippen LogP contribution < -0.4 is 9.64 Å². The van der Waals surface area contributed by atoms with E-state index in [-0.39, 0.29) is 0 Å². The molecular weight excluding hydrogens is 374 g/mol. The van der Waals surface area contributed by atoms with E-state index in [1.165, 1.54) is 0 Å². The molecule has 1 saturated heterocycles. The molecule has 1 aliphatic rings. The van der Waals surface area contributed by atoms with E-state index in [9.17, 15) is 0 Å². The maximum atomic E-state index is 6.53. The first-order valence-electron chi connectivity index (χ1n) is 10.2. The van der Waals surface area contributed by atoms with Crippen molar-refractivity contribution in [3.05, 3.63) is 34.6 Å². The topological polar surface area (TPSA) is 47.5 Å². The number of nitrogens with zero attached hydrogens (tertiary/aromatic N) is 3. The molecule has 1 aliphatic heterocycles. The normalized spacial score (nSPS) is 16.6. The molecule has 0 saturated carbocycles. The monoisotopic (exact) mass is 403 g/mol. The number of ether oxygens (including phenoxy) is 2. The zero-order valence-corrected chi connectivity index (χ0v) is 18.1. The molecule has 0 aliphatic carbocycles. The van der Waals surface area contributed by atoms with Crippen molar-refractivity contribution in [2.45, 2.75) is 40.0 Å². The van der Waals surface area contributed by atoms with Crippen molar-refractivity contribution in [1.82, 2.24) is 9.97 Å². The van der Waals surface area contributed by atoms with Gasteiger partial charge in [-0.2, -0.15) is 0 Å². The Balaban J connectivity index is 1.95. The Labute approximate surface area is 173 Å². The summed E-state index contributed by atoms with van der Waals surface area (Å²) in [7, 11) is 1.64. The van der Waals surface area contributed by atoms with Crippen molar-refractivity contribution in [2.75, 3.05) is 38.3 Å². The molecule has 2 aromatic rings. The van der Waals surface area contributed by atoms with Gasteiger partial charge in [0.15, 0.2) is 5.82 Å². The lowest BCUT2D eigenvalue weighted by Crippen LogP contribution is -2.25. The highest BCUT2D eigenvalue weighted by Crippen LogP contribution is 2.34. The van der Waals surface area contributed by atoms with Gasteiger partial charge in [0, 0.05) is 31.2 Å². The van der Waals surface area contributed by atoms with Gasteiger partial charge in [-0.05, 0) is 44.4 Å². The molecule has 1 fully saturated rings. The van der Waals surface area contributed by atoms with Crippen LogP contribution in [0, 0.1) is 5.92 Å². The Morgan fingerprint density at radius 3 is 2.57 bits per heavy atom. The third kappa shape index (κ3) is 4.41. The van der Waals surface area contributed by atoms with E-state index in [4.69, 9.17) is 31.0 Å². The van der Waals surface area contributed by atoms with Gasteiger partial charge >= 0.3 is 0 Å². The molecule has 1 aromatic heterocycles. The molecular formula is C22H30ClN3O2. The van der Waals surface area contributed by atoms with Crippen molar-refractivity contribution in [3.63, 3.8) is 0 Å². The average Bonchev–Trinajstić information content (AvgIpc) is 3.20. The van der Waals surface area contributed by atoms with E-state index in [2.05, 4.69) is 18.7 Å². The quantitative estimate of drug-likeness (QED) is 0.634. The number of rotatable bonds is 8. The highest BCUT2D eigenvalue weighted by atomic mass is 35.5. The van der Waals surface area contributed by atoms with Gasteiger partial charge in [-0.1, -0.05) is 25.4 Å². The molecule has 0 N–H and O–H groups in total. The molecule has 152 valence electrons. The average molecular weight is 404 g/mol. The SMILES string of the molecule is CCOCC1CCN(c2nc(CC)c(-c3ccc(OC)cc3Cl)nc2CC)C1. The summed E-state index contributed by atoms with van der Waals surface area (Å²) >= 11 is 6.53. The molecule has 0 spiro atoms. The highest BCUT2D eigenvalue weighted by molar-refractivity contribution is 6.33. The van der Waals surface area contributed by atoms with Crippen LogP contribution in [0.2, 0.25) is 5.02 Å². The fourth-order valence-electron chi connectivity index (χ4n) is 3.71. The van der Waals surface area contributed by atoms with Crippen molar-refractivity contribution >= 4 is 17.4 Å². The molecule has 0 bridgehead atoms. The summed E-state index contributed by atoms with van der Waals surface area (Å²) in [6.45, 7) is 9.87. The molecule has 1 aromatic carbocycles. The third-order valence-corrected chi connectivity index (χ3v) is 5.58. The minimum Gasteiger partial charge on any atom is -0.497 e. The first kappa shape index (κ1) is 20.9. The zero-order valence-electron chi connectivity index (χ0n) is 17.3. The molecule has 28 heavy (non-hydrogen) atoms. The lowest BCUT2D eigenvalue weighted by Gasteiger charge is -2.22. The van der Waals surface area contributed by atoms with Crippen molar-refractivity contribution in [2.24, 2.45) is 5.92 Å². The highest BCUT2D eigenvalue weighted by Gasteiger charge is 2.27. The predicted octanol–water partition coefficient (Wildman–Crippen LogP) is 4.79. The molecule has 2 heterocycles. The van der Waals surface area contributed by atoms with Crippen molar-refractivity contribution in [3.8, 4) is 17.0 Å². The number of aromatic nitrogens is 2. The first-order valence-corrected chi connectivity index (χ1v) is 10.5. The van der Waals surface area contributed by atoms with Crippen LogP contribution in [-0.4, -0.2) is 43.4 Å². The van der Waals surface area contributed by atoms with Gasteiger partial charge in [-0.15, -0.1) is 0 Å². The second-order valence-corrected chi connectivity index (χ2v) is 7.51. The van der Waals surface area contributed by atoms with Crippen LogP contribution >= 0.6 is 11.6 Å². The molecule has 1 atom stereocenters. The van der Waals surface area contributed by atoms with Gasteiger partial charge < -0.3 is 14.4 Å². The van der Waals surface area contributed by atoms with E-state index in [0.717, 1.165) is 79.8 Å². The Hall–Kier alpha value is -1.85. The molecule has 6 heteroatoms. The molecule has 0 radical (unpaired) electrons.